The number of hydrogen-bond donors (Lipinski definition) is 0. The summed E-state index contributed by atoms with van der Waals surface area (Å²) in [5.41, 5.74) is 0. The van der Waals surface area contributed by atoms with E-state index in [0.717, 1.165) is 0 Å². The van der Waals surface area contributed by atoms with Crippen molar-refractivity contribution in [3.63, 3.8) is 0 Å². The van der Waals surface area contributed by atoms with Crippen molar-refractivity contribution < 1.29 is 0 Å². The maximum absolute atomic E-state index is 2.63. The molecule has 0 amide bonds. The molecule has 16 heavy (non-hydrogen) atoms. The second-order valence-corrected chi connectivity index (χ2v) is 6.06. The summed E-state index contributed by atoms with van der Waals surface area (Å²) in [7, 11) is 0. The lowest BCUT2D eigenvalue weighted by Gasteiger charge is -2.25. The standard InChI is InChI=1S/C14H29NS/c1-2-3-4-5-6-10-13-16-14-15-11-8-7-9-12-15/h2-14H2,1H3. The lowest BCUT2D eigenvalue weighted by molar-refractivity contribution is 0.266. The normalized spacial score (nSPS) is 17.8. The highest BCUT2D eigenvalue weighted by Crippen LogP contribution is 2.14. The van der Waals surface area contributed by atoms with Gasteiger partial charge in [-0.3, -0.25) is 4.90 Å². The maximum atomic E-state index is 2.63. The molecule has 2 heteroatoms. The lowest BCUT2D eigenvalue weighted by Crippen LogP contribution is -2.29. The average molecular weight is 243 g/mol. The molecule has 96 valence electrons. The van der Waals surface area contributed by atoms with Gasteiger partial charge in [-0.25, -0.2) is 0 Å². The van der Waals surface area contributed by atoms with E-state index in [2.05, 4.69) is 23.6 Å². The molecule has 0 atom stereocenters. The molecule has 1 aliphatic heterocycles. The van der Waals surface area contributed by atoms with Crippen LogP contribution in [0.5, 0.6) is 0 Å². The molecule has 0 spiro atoms. The molecule has 1 nitrogen and oxygen atoms in total. The summed E-state index contributed by atoms with van der Waals surface area (Å²) in [6, 6.07) is 0. The Morgan fingerprint density at radius 2 is 1.56 bits per heavy atom. The molecule has 0 N–H and O–H groups in total. The molecule has 1 rings (SSSR count). The van der Waals surface area contributed by atoms with E-state index in [-0.39, 0.29) is 0 Å². The van der Waals surface area contributed by atoms with Crippen LogP contribution >= 0.6 is 11.8 Å². The van der Waals surface area contributed by atoms with Gasteiger partial charge in [0, 0.05) is 5.88 Å². The molecular formula is C14H29NS. The summed E-state index contributed by atoms with van der Waals surface area (Å²) in [5, 5.41) is 0. The van der Waals surface area contributed by atoms with Gasteiger partial charge in [-0.15, -0.1) is 11.8 Å². The van der Waals surface area contributed by atoms with Crippen molar-refractivity contribution >= 4 is 11.8 Å². The van der Waals surface area contributed by atoms with Crippen LogP contribution < -0.4 is 0 Å². The van der Waals surface area contributed by atoms with E-state index in [1.165, 1.54) is 82.5 Å². The fraction of sp³-hybridized carbons (Fsp3) is 1.00. The number of rotatable bonds is 9. The van der Waals surface area contributed by atoms with E-state index >= 15 is 0 Å². The summed E-state index contributed by atoms with van der Waals surface area (Å²) in [4.78, 5) is 2.63. The van der Waals surface area contributed by atoms with Gasteiger partial charge in [0.1, 0.15) is 0 Å². The maximum Gasteiger partial charge on any atom is 0.0444 e. The first-order chi connectivity index (χ1) is 7.93. The summed E-state index contributed by atoms with van der Waals surface area (Å²) in [6.45, 7) is 4.99. The van der Waals surface area contributed by atoms with E-state index < -0.39 is 0 Å². The largest absolute Gasteiger partial charge is 0.294 e. The Labute approximate surface area is 106 Å². The van der Waals surface area contributed by atoms with Gasteiger partial charge < -0.3 is 0 Å². The molecule has 0 unspecified atom stereocenters. The van der Waals surface area contributed by atoms with Crippen LogP contribution in [0.2, 0.25) is 0 Å². The second kappa shape index (κ2) is 10.5. The highest BCUT2D eigenvalue weighted by atomic mass is 32.2. The highest BCUT2D eigenvalue weighted by Gasteiger charge is 2.08. The van der Waals surface area contributed by atoms with Gasteiger partial charge in [-0.2, -0.15) is 0 Å². The van der Waals surface area contributed by atoms with Crippen molar-refractivity contribution in [1.29, 1.82) is 0 Å². The minimum absolute atomic E-state index is 1.29. The van der Waals surface area contributed by atoms with Crippen molar-refractivity contribution in [2.24, 2.45) is 0 Å². The average Bonchev–Trinajstić information content (AvgIpc) is 2.34. The minimum atomic E-state index is 1.29. The van der Waals surface area contributed by atoms with Crippen molar-refractivity contribution in [2.75, 3.05) is 24.7 Å². The fourth-order valence-corrected chi connectivity index (χ4v) is 3.32. The first-order valence-electron chi connectivity index (χ1n) is 7.23. The highest BCUT2D eigenvalue weighted by molar-refractivity contribution is 7.99. The molecule has 1 saturated heterocycles. The van der Waals surface area contributed by atoms with Crippen LogP contribution in [0.15, 0.2) is 0 Å². The molecule has 0 aromatic heterocycles. The van der Waals surface area contributed by atoms with Gasteiger partial charge in [0.25, 0.3) is 0 Å². The molecule has 1 fully saturated rings. The Kier molecular flexibility index (Phi) is 9.40. The van der Waals surface area contributed by atoms with Gasteiger partial charge in [0.05, 0.1) is 0 Å². The van der Waals surface area contributed by atoms with Gasteiger partial charge in [0.2, 0.25) is 0 Å². The van der Waals surface area contributed by atoms with Crippen molar-refractivity contribution in [2.45, 2.75) is 64.7 Å². The monoisotopic (exact) mass is 243 g/mol. The molecule has 0 aromatic carbocycles. The SMILES string of the molecule is CCCCCCCCSCN1CCCCC1. The van der Waals surface area contributed by atoms with Crippen LogP contribution in [-0.4, -0.2) is 29.6 Å². The van der Waals surface area contributed by atoms with Crippen LogP contribution in [0.4, 0.5) is 0 Å². The summed E-state index contributed by atoms with van der Waals surface area (Å²) in [6.07, 6.45) is 12.9. The number of likely N-dealkylation sites (tertiary alicyclic amines) is 1. The van der Waals surface area contributed by atoms with Crippen LogP contribution in [0.25, 0.3) is 0 Å². The number of piperidine rings is 1. The minimum Gasteiger partial charge on any atom is -0.294 e. The third-order valence-electron chi connectivity index (χ3n) is 3.36. The molecule has 1 heterocycles. The molecule has 0 radical (unpaired) electrons. The Morgan fingerprint density at radius 3 is 2.31 bits per heavy atom. The van der Waals surface area contributed by atoms with E-state index in [0.29, 0.717) is 0 Å². The summed E-state index contributed by atoms with van der Waals surface area (Å²) in [5.74, 6) is 2.66. The lowest BCUT2D eigenvalue weighted by atomic mass is 10.1. The molecule has 0 bridgehead atoms. The van der Waals surface area contributed by atoms with Crippen molar-refractivity contribution in [3.05, 3.63) is 0 Å². The molecule has 0 aromatic rings. The zero-order valence-electron chi connectivity index (χ0n) is 11.0. The Balaban J connectivity index is 1.77. The molecule has 0 saturated carbocycles. The van der Waals surface area contributed by atoms with Gasteiger partial charge in [-0.1, -0.05) is 45.4 Å². The summed E-state index contributed by atoms with van der Waals surface area (Å²) < 4.78 is 0. The zero-order valence-corrected chi connectivity index (χ0v) is 11.9. The van der Waals surface area contributed by atoms with Crippen LogP contribution in [0.3, 0.4) is 0 Å². The third-order valence-corrected chi connectivity index (χ3v) is 4.49. The Morgan fingerprint density at radius 1 is 0.875 bits per heavy atom. The van der Waals surface area contributed by atoms with Gasteiger partial charge >= 0.3 is 0 Å². The van der Waals surface area contributed by atoms with E-state index in [9.17, 15) is 0 Å². The Bertz CT molecular complexity index is 144. The van der Waals surface area contributed by atoms with Gasteiger partial charge in [-0.05, 0) is 38.1 Å². The smallest absolute Gasteiger partial charge is 0.0444 e. The fourth-order valence-electron chi connectivity index (χ4n) is 2.27. The van der Waals surface area contributed by atoms with Crippen LogP contribution in [0.1, 0.15) is 64.7 Å². The van der Waals surface area contributed by atoms with Crippen molar-refractivity contribution in [3.8, 4) is 0 Å². The van der Waals surface area contributed by atoms with E-state index in [4.69, 9.17) is 0 Å². The number of hydrogen-bond acceptors (Lipinski definition) is 2. The predicted octanol–water partition coefficient (Wildman–Crippen LogP) is 4.52. The molecule has 0 aliphatic carbocycles. The zero-order chi connectivity index (χ0) is 11.5. The molecule has 1 aliphatic rings. The van der Waals surface area contributed by atoms with Crippen LogP contribution in [-0.2, 0) is 0 Å². The number of nitrogens with zero attached hydrogens (tertiary/aromatic N) is 1. The topological polar surface area (TPSA) is 3.24 Å². The Hall–Kier alpha value is 0.310. The first-order valence-corrected chi connectivity index (χ1v) is 8.39. The first kappa shape index (κ1) is 14.4. The van der Waals surface area contributed by atoms with E-state index in [1.807, 2.05) is 0 Å². The van der Waals surface area contributed by atoms with Crippen molar-refractivity contribution in [1.82, 2.24) is 4.90 Å². The predicted molar refractivity (Wildman–Crippen MR) is 76.1 cm³/mol. The quantitative estimate of drug-likeness (QED) is 0.548. The number of thioether (sulfide) groups is 1. The second-order valence-electron chi connectivity index (χ2n) is 4.98. The molecular weight excluding hydrogens is 214 g/mol. The third kappa shape index (κ3) is 7.56. The number of unbranched alkanes of at least 4 members (excludes halogenated alkanes) is 5. The van der Waals surface area contributed by atoms with Gasteiger partial charge in [0.15, 0.2) is 0 Å². The van der Waals surface area contributed by atoms with E-state index in [1.54, 1.807) is 0 Å². The van der Waals surface area contributed by atoms with Crippen LogP contribution in [0, 0.1) is 0 Å². The summed E-state index contributed by atoms with van der Waals surface area (Å²) >= 11 is 2.15.